The average molecular weight is 285 g/mol. The first-order valence-electron chi connectivity index (χ1n) is 6.81. The normalized spacial score (nSPS) is 14.4. The smallest absolute Gasteiger partial charge is 0.181 e. The molecular formula is C15H13ClN4. The van der Waals surface area contributed by atoms with Gasteiger partial charge in [-0.2, -0.15) is 0 Å². The first-order chi connectivity index (χ1) is 9.81. The lowest BCUT2D eigenvalue weighted by atomic mass is 9.97. The molecule has 0 fully saturated rings. The van der Waals surface area contributed by atoms with Crippen LogP contribution in [0, 0.1) is 0 Å². The number of hydrogen-bond donors (Lipinski definition) is 0. The van der Waals surface area contributed by atoms with E-state index in [4.69, 9.17) is 11.6 Å². The Balaban J connectivity index is 1.87. The van der Waals surface area contributed by atoms with Gasteiger partial charge >= 0.3 is 0 Å². The maximum absolute atomic E-state index is 6.31. The van der Waals surface area contributed by atoms with Gasteiger partial charge in [-0.15, -0.1) is 0 Å². The fraction of sp³-hybridized carbons (Fsp3) is 0.267. The van der Waals surface area contributed by atoms with Crippen molar-refractivity contribution < 1.29 is 0 Å². The maximum atomic E-state index is 6.31. The average Bonchev–Trinajstić information content (AvgIpc) is 2.91. The van der Waals surface area contributed by atoms with Gasteiger partial charge in [-0.25, -0.2) is 15.0 Å². The summed E-state index contributed by atoms with van der Waals surface area (Å²) in [6.07, 6.45) is 8.22. The number of halogens is 1. The van der Waals surface area contributed by atoms with Crippen LogP contribution in [-0.2, 0) is 12.8 Å². The molecule has 0 bridgehead atoms. The second kappa shape index (κ2) is 4.56. The summed E-state index contributed by atoms with van der Waals surface area (Å²) >= 11 is 6.31. The molecule has 0 aromatic carbocycles. The van der Waals surface area contributed by atoms with Crippen molar-refractivity contribution >= 4 is 17.2 Å². The molecule has 4 nitrogen and oxygen atoms in total. The monoisotopic (exact) mass is 284 g/mol. The first-order valence-corrected chi connectivity index (χ1v) is 7.18. The zero-order chi connectivity index (χ0) is 13.5. The third kappa shape index (κ3) is 1.88. The van der Waals surface area contributed by atoms with Gasteiger partial charge < -0.3 is 4.40 Å². The highest BCUT2D eigenvalue weighted by Gasteiger charge is 2.18. The van der Waals surface area contributed by atoms with Gasteiger partial charge in [-0.3, -0.25) is 0 Å². The van der Waals surface area contributed by atoms with E-state index >= 15 is 0 Å². The van der Waals surface area contributed by atoms with Crippen LogP contribution in [-0.4, -0.2) is 19.4 Å². The molecule has 0 saturated heterocycles. The summed E-state index contributed by atoms with van der Waals surface area (Å²) in [6, 6.07) is 5.90. The van der Waals surface area contributed by atoms with Crippen LogP contribution in [0.3, 0.4) is 0 Å². The number of aryl methyl sites for hydroxylation is 1. The second-order valence-electron chi connectivity index (χ2n) is 5.06. The van der Waals surface area contributed by atoms with Crippen molar-refractivity contribution in [2.24, 2.45) is 0 Å². The van der Waals surface area contributed by atoms with E-state index in [0.29, 0.717) is 11.0 Å². The van der Waals surface area contributed by atoms with E-state index in [1.807, 2.05) is 35.0 Å². The van der Waals surface area contributed by atoms with E-state index in [0.717, 1.165) is 35.4 Å². The van der Waals surface area contributed by atoms with Crippen LogP contribution < -0.4 is 0 Å². The third-order valence-corrected chi connectivity index (χ3v) is 4.04. The molecule has 4 rings (SSSR count). The van der Waals surface area contributed by atoms with E-state index in [2.05, 4.69) is 15.0 Å². The van der Waals surface area contributed by atoms with E-state index in [1.165, 1.54) is 12.8 Å². The van der Waals surface area contributed by atoms with Crippen LogP contribution in [0.25, 0.3) is 17.2 Å². The van der Waals surface area contributed by atoms with Crippen LogP contribution in [0.15, 0.2) is 30.6 Å². The molecule has 3 aromatic heterocycles. The highest BCUT2D eigenvalue weighted by atomic mass is 35.5. The maximum Gasteiger partial charge on any atom is 0.181 e. The number of aromatic nitrogens is 4. The Morgan fingerprint density at radius 3 is 2.85 bits per heavy atom. The molecule has 3 heterocycles. The Hall–Kier alpha value is -1.94. The lowest BCUT2D eigenvalue weighted by Gasteiger charge is -2.15. The number of pyridine rings is 1. The predicted octanol–water partition coefficient (Wildman–Crippen LogP) is 3.32. The van der Waals surface area contributed by atoms with Gasteiger partial charge in [0.05, 0.1) is 0 Å². The van der Waals surface area contributed by atoms with Gasteiger partial charge in [0.15, 0.2) is 5.82 Å². The third-order valence-electron chi connectivity index (χ3n) is 3.73. The molecule has 0 amide bonds. The molecule has 0 N–H and O–H groups in total. The molecule has 0 atom stereocenters. The van der Waals surface area contributed by atoms with Gasteiger partial charge in [-0.05, 0) is 37.8 Å². The lowest BCUT2D eigenvalue weighted by Crippen LogP contribution is -2.08. The topological polar surface area (TPSA) is 43.1 Å². The van der Waals surface area contributed by atoms with E-state index in [-0.39, 0.29) is 0 Å². The van der Waals surface area contributed by atoms with E-state index in [9.17, 15) is 0 Å². The summed E-state index contributed by atoms with van der Waals surface area (Å²) in [5, 5.41) is 0.585. The Kier molecular flexibility index (Phi) is 2.70. The van der Waals surface area contributed by atoms with Crippen molar-refractivity contribution in [3.63, 3.8) is 0 Å². The minimum Gasteiger partial charge on any atom is -0.306 e. The van der Waals surface area contributed by atoms with Crippen molar-refractivity contribution in [1.82, 2.24) is 19.4 Å². The summed E-state index contributed by atoms with van der Waals surface area (Å²) in [7, 11) is 0. The molecule has 0 spiro atoms. The summed E-state index contributed by atoms with van der Waals surface area (Å²) in [6.45, 7) is 0. The van der Waals surface area contributed by atoms with Crippen molar-refractivity contribution in [2.45, 2.75) is 25.7 Å². The number of hydrogen-bond acceptors (Lipinski definition) is 3. The largest absolute Gasteiger partial charge is 0.306 e. The van der Waals surface area contributed by atoms with Crippen molar-refractivity contribution in [2.75, 3.05) is 0 Å². The molecular weight excluding hydrogens is 272 g/mol. The second-order valence-corrected chi connectivity index (χ2v) is 5.42. The minimum atomic E-state index is 0.585. The number of rotatable bonds is 1. The van der Waals surface area contributed by atoms with Crippen LogP contribution in [0.4, 0.5) is 0 Å². The van der Waals surface area contributed by atoms with Crippen LogP contribution in [0.1, 0.15) is 24.1 Å². The molecule has 0 aliphatic heterocycles. The molecule has 0 radical (unpaired) electrons. The predicted molar refractivity (Wildman–Crippen MR) is 77.9 cm³/mol. The zero-order valence-electron chi connectivity index (χ0n) is 10.9. The number of nitrogens with zero attached hydrogens (tertiary/aromatic N) is 4. The van der Waals surface area contributed by atoms with Crippen molar-refractivity contribution in [3.05, 3.63) is 47.0 Å². The fourth-order valence-corrected chi connectivity index (χ4v) is 2.99. The van der Waals surface area contributed by atoms with Gasteiger partial charge in [0.1, 0.15) is 16.5 Å². The standard InChI is InChI=1S/C15H13ClN4/c16-14-10-5-1-2-6-11(10)18-15(19-14)12-9-20-8-4-3-7-13(20)17-12/h3-4,7-9H,1-2,5-6H2. The minimum absolute atomic E-state index is 0.585. The highest BCUT2D eigenvalue weighted by molar-refractivity contribution is 6.30. The summed E-state index contributed by atoms with van der Waals surface area (Å²) in [5.41, 5.74) is 3.86. The zero-order valence-corrected chi connectivity index (χ0v) is 11.6. The quantitative estimate of drug-likeness (QED) is 0.644. The van der Waals surface area contributed by atoms with Crippen molar-refractivity contribution in [3.8, 4) is 11.5 Å². The van der Waals surface area contributed by atoms with E-state index < -0.39 is 0 Å². The molecule has 5 heteroatoms. The molecule has 0 unspecified atom stereocenters. The molecule has 0 saturated carbocycles. The van der Waals surface area contributed by atoms with Crippen LogP contribution in [0.5, 0.6) is 0 Å². The van der Waals surface area contributed by atoms with Gasteiger partial charge in [0.25, 0.3) is 0 Å². The Morgan fingerprint density at radius 2 is 1.95 bits per heavy atom. The highest BCUT2D eigenvalue weighted by Crippen LogP contribution is 2.27. The molecule has 1 aliphatic rings. The lowest BCUT2D eigenvalue weighted by molar-refractivity contribution is 0.663. The van der Waals surface area contributed by atoms with Crippen LogP contribution in [0.2, 0.25) is 5.15 Å². The Bertz CT molecular complexity index is 761. The van der Waals surface area contributed by atoms with E-state index in [1.54, 1.807) is 0 Å². The fourth-order valence-electron chi connectivity index (χ4n) is 2.71. The summed E-state index contributed by atoms with van der Waals surface area (Å²) in [4.78, 5) is 13.7. The molecule has 20 heavy (non-hydrogen) atoms. The van der Waals surface area contributed by atoms with Crippen LogP contribution >= 0.6 is 11.6 Å². The first kappa shape index (κ1) is 11.9. The van der Waals surface area contributed by atoms with Gasteiger partial charge in [0, 0.05) is 23.7 Å². The SMILES string of the molecule is Clc1nc(-c2cn3ccccc3n2)nc2c1CCCC2. The van der Waals surface area contributed by atoms with Crippen molar-refractivity contribution in [1.29, 1.82) is 0 Å². The number of imidazole rings is 1. The van der Waals surface area contributed by atoms with Gasteiger partial charge in [0.2, 0.25) is 0 Å². The molecule has 1 aliphatic carbocycles. The summed E-state index contributed by atoms with van der Waals surface area (Å²) in [5.74, 6) is 0.624. The molecule has 3 aromatic rings. The Labute approximate surface area is 121 Å². The summed E-state index contributed by atoms with van der Waals surface area (Å²) < 4.78 is 1.96. The number of fused-ring (bicyclic) bond motifs is 2. The van der Waals surface area contributed by atoms with Gasteiger partial charge in [-0.1, -0.05) is 17.7 Å². The Morgan fingerprint density at radius 1 is 1.05 bits per heavy atom. The molecule has 100 valence electrons.